The van der Waals surface area contributed by atoms with Gasteiger partial charge in [0.05, 0.1) is 13.2 Å². The first-order valence-corrected chi connectivity index (χ1v) is 6.14. The number of imidazole rings is 1. The fourth-order valence-electron chi connectivity index (χ4n) is 1.52. The van der Waals surface area contributed by atoms with Gasteiger partial charge < -0.3 is 14.6 Å². The van der Waals surface area contributed by atoms with Crippen LogP contribution >= 0.6 is 12.4 Å². The van der Waals surface area contributed by atoms with Crippen LogP contribution in [0.2, 0.25) is 0 Å². The third-order valence-electron chi connectivity index (χ3n) is 2.30. The van der Waals surface area contributed by atoms with E-state index in [2.05, 4.69) is 29.5 Å². The molecular weight excluding hydrogens is 268 g/mol. The molecule has 2 N–H and O–H groups in total. The Hall–Kier alpha value is -1.11. The van der Waals surface area contributed by atoms with E-state index in [9.17, 15) is 4.79 Å². The minimum absolute atomic E-state index is 0. The molecule has 110 valence electrons. The van der Waals surface area contributed by atoms with Gasteiger partial charge in [-0.3, -0.25) is 10.1 Å². The van der Waals surface area contributed by atoms with Crippen LogP contribution < -0.4 is 10.6 Å². The number of rotatable bonds is 8. The first kappa shape index (κ1) is 17.9. The number of anilines is 1. The van der Waals surface area contributed by atoms with Crippen molar-refractivity contribution in [3.05, 3.63) is 12.4 Å². The van der Waals surface area contributed by atoms with Gasteiger partial charge in [-0.05, 0) is 5.92 Å². The van der Waals surface area contributed by atoms with Gasteiger partial charge in [0.25, 0.3) is 0 Å². The molecule has 0 aromatic carbocycles. The van der Waals surface area contributed by atoms with E-state index in [4.69, 9.17) is 4.74 Å². The number of hydrogen-bond acceptors (Lipinski definition) is 4. The molecule has 0 aliphatic heterocycles. The van der Waals surface area contributed by atoms with E-state index in [0.29, 0.717) is 25.0 Å². The van der Waals surface area contributed by atoms with Crippen LogP contribution in [-0.4, -0.2) is 42.3 Å². The number of nitrogens with zero attached hydrogens (tertiary/aromatic N) is 2. The van der Waals surface area contributed by atoms with Gasteiger partial charge in [-0.15, -0.1) is 12.4 Å². The van der Waals surface area contributed by atoms with Gasteiger partial charge in [0.1, 0.15) is 0 Å². The number of halogens is 1. The molecule has 1 rings (SSSR count). The molecule has 0 radical (unpaired) electrons. The highest BCUT2D eigenvalue weighted by atomic mass is 35.5. The monoisotopic (exact) mass is 290 g/mol. The van der Waals surface area contributed by atoms with Crippen molar-refractivity contribution >= 4 is 24.3 Å². The van der Waals surface area contributed by atoms with E-state index in [1.165, 1.54) is 0 Å². The minimum Gasteiger partial charge on any atom is -0.383 e. The number of hydrogen-bond donors (Lipinski definition) is 2. The minimum atomic E-state index is -0.0951. The third-order valence-corrected chi connectivity index (χ3v) is 2.30. The molecule has 19 heavy (non-hydrogen) atoms. The molecule has 0 atom stereocenters. The summed E-state index contributed by atoms with van der Waals surface area (Å²) in [5.74, 6) is 1.01. The molecule has 6 nitrogen and oxygen atoms in total. The molecule has 1 aromatic heterocycles. The summed E-state index contributed by atoms with van der Waals surface area (Å²) < 4.78 is 6.82. The molecule has 1 amide bonds. The maximum atomic E-state index is 11.6. The lowest BCUT2D eigenvalue weighted by molar-refractivity contribution is -0.115. The second kappa shape index (κ2) is 9.77. The van der Waals surface area contributed by atoms with E-state index < -0.39 is 0 Å². The molecule has 1 aromatic rings. The zero-order chi connectivity index (χ0) is 13.4. The summed E-state index contributed by atoms with van der Waals surface area (Å²) in [5.41, 5.74) is 0. The number of amides is 1. The summed E-state index contributed by atoms with van der Waals surface area (Å²) in [4.78, 5) is 15.8. The Morgan fingerprint density at radius 2 is 2.26 bits per heavy atom. The Labute approximate surface area is 120 Å². The smallest absolute Gasteiger partial charge is 0.240 e. The van der Waals surface area contributed by atoms with Crippen molar-refractivity contribution in [2.24, 2.45) is 5.92 Å². The summed E-state index contributed by atoms with van der Waals surface area (Å²) >= 11 is 0. The van der Waals surface area contributed by atoms with E-state index in [0.717, 1.165) is 6.54 Å². The number of carbonyl (C=O) groups is 1. The lowest BCUT2D eigenvalue weighted by Crippen LogP contribution is -2.31. The Kier molecular flexibility index (Phi) is 9.20. The lowest BCUT2D eigenvalue weighted by Gasteiger charge is -2.11. The highest BCUT2D eigenvalue weighted by Gasteiger charge is 2.08. The Bertz CT molecular complexity index is 368. The predicted octanol–water partition coefficient (Wildman–Crippen LogP) is 1.14. The molecule has 1 heterocycles. The fraction of sp³-hybridized carbons (Fsp3) is 0.667. The van der Waals surface area contributed by atoms with Gasteiger partial charge in [-0.1, -0.05) is 13.8 Å². The summed E-state index contributed by atoms with van der Waals surface area (Å²) in [7, 11) is 1.63. The van der Waals surface area contributed by atoms with Crippen molar-refractivity contribution in [1.29, 1.82) is 0 Å². The van der Waals surface area contributed by atoms with Gasteiger partial charge in [-0.25, -0.2) is 4.98 Å². The Morgan fingerprint density at radius 1 is 1.53 bits per heavy atom. The van der Waals surface area contributed by atoms with Gasteiger partial charge in [-0.2, -0.15) is 0 Å². The highest BCUT2D eigenvalue weighted by Crippen LogP contribution is 2.07. The van der Waals surface area contributed by atoms with Crippen LogP contribution in [0.15, 0.2) is 12.4 Å². The third kappa shape index (κ3) is 7.15. The largest absolute Gasteiger partial charge is 0.383 e. The van der Waals surface area contributed by atoms with E-state index >= 15 is 0 Å². The molecule has 0 aliphatic rings. The number of nitrogens with one attached hydrogen (secondary N) is 2. The first-order chi connectivity index (χ1) is 8.63. The summed E-state index contributed by atoms with van der Waals surface area (Å²) in [5, 5.41) is 5.77. The van der Waals surface area contributed by atoms with Gasteiger partial charge in [0.15, 0.2) is 0 Å². The molecule has 0 bridgehead atoms. The second-order valence-electron chi connectivity index (χ2n) is 4.51. The molecule has 7 heteroatoms. The van der Waals surface area contributed by atoms with Crippen LogP contribution in [0.25, 0.3) is 0 Å². The number of methoxy groups -OCH3 is 1. The van der Waals surface area contributed by atoms with Crippen LogP contribution in [0.3, 0.4) is 0 Å². The first-order valence-electron chi connectivity index (χ1n) is 6.14. The SMILES string of the molecule is COCCNCC(=O)Nc1nccn1CC(C)C.Cl. The van der Waals surface area contributed by atoms with Crippen molar-refractivity contribution in [2.45, 2.75) is 20.4 Å². The summed E-state index contributed by atoms with van der Waals surface area (Å²) in [6, 6.07) is 0. The fourth-order valence-corrected chi connectivity index (χ4v) is 1.52. The maximum Gasteiger partial charge on any atom is 0.240 e. The molecule has 0 unspecified atom stereocenters. The zero-order valence-electron chi connectivity index (χ0n) is 11.7. The Balaban J connectivity index is 0.00000324. The topological polar surface area (TPSA) is 68.2 Å². The van der Waals surface area contributed by atoms with Crippen LogP contribution in [0.1, 0.15) is 13.8 Å². The Morgan fingerprint density at radius 3 is 2.89 bits per heavy atom. The standard InChI is InChI=1S/C12H22N4O2.ClH/c1-10(2)9-16-6-4-14-12(16)15-11(17)8-13-5-7-18-3;/h4,6,10,13H,5,7-9H2,1-3H3,(H,14,15,17);1H. The van der Waals surface area contributed by atoms with Crippen molar-refractivity contribution in [3.63, 3.8) is 0 Å². The molecule has 0 aliphatic carbocycles. The normalized spacial score (nSPS) is 10.3. The zero-order valence-corrected chi connectivity index (χ0v) is 12.5. The van der Waals surface area contributed by atoms with E-state index in [1.807, 2.05) is 10.8 Å². The van der Waals surface area contributed by atoms with Crippen LogP contribution in [-0.2, 0) is 16.1 Å². The molecule has 0 fully saturated rings. The number of carbonyl (C=O) groups excluding carboxylic acids is 1. The predicted molar refractivity (Wildman–Crippen MR) is 77.7 cm³/mol. The van der Waals surface area contributed by atoms with E-state index in [1.54, 1.807) is 13.3 Å². The highest BCUT2D eigenvalue weighted by molar-refractivity contribution is 5.90. The number of ether oxygens (including phenoxy) is 1. The van der Waals surface area contributed by atoms with Crippen molar-refractivity contribution in [2.75, 3.05) is 32.1 Å². The van der Waals surface area contributed by atoms with Crippen molar-refractivity contribution < 1.29 is 9.53 Å². The molecule has 0 saturated carbocycles. The van der Waals surface area contributed by atoms with Crippen molar-refractivity contribution in [3.8, 4) is 0 Å². The van der Waals surface area contributed by atoms with Crippen LogP contribution in [0.5, 0.6) is 0 Å². The quantitative estimate of drug-likeness (QED) is 0.705. The van der Waals surface area contributed by atoms with Gasteiger partial charge in [0, 0.05) is 32.6 Å². The summed E-state index contributed by atoms with van der Waals surface area (Å²) in [6.07, 6.45) is 3.56. The average Bonchev–Trinajstić information content (AvgIpc) is 2.71. The molecular formula is C12H23ClN4O2. The van der Waals surface area contributed by atoms with E-state index in [-0.39, 0.29) is 24.9 Å². The molecule has 0 saturated heterocycles. The van der Waals surface area contributed by atoms with Crippen molar-refractivity contribution in [1.82, 2.24) is 14.9 Å². The number of aromatic nitrogens is 2. The lowest BCUT2D eigenvalue weighted by atomic mass is 10.2. The molecule has 0 spiro atoms. The average molecular weight is 291 g/mol. The summed E-state index contributed by atoms with van der Waals surface area (Å²) in [6.45, 7) is 6.60. The van der Waals surface area contributed by atoms with Crippen LogP contribution in [0, 0.1) is 5.92 Å². The second-order valence-corrected chi connectivity index (χ2v) is 4.51. The van der Waals surface area contributed by atoms with Gasteiger partial charge >= 0.3 is 0 Å². The van der Waals surface area contributed by atoms with Gasteiger partial charge in [0.2, 0.25) is 11.9 Å². The van der Waals surface area contributed by atoms with Crippen LogP contribution in [0.4, 0.5) is 5.95 Å². The maximum absolute atomic E-state index is 11.6.